The Bertz CT molecular complexity index is 1230. The van der Waals surface area contributed by atoms with Crippen LogP contribution in [0.3, 0.4) is 0 Å². The van der Waals surface area contributed by atoms with Gasteiger partial charge in [-0.05, 0) is 41.8 Å². The van der Waals surface area contributed by atoms with Crippen molar-refractivity contribution in [1.82, 2.24) is 15.1 Å². The van der Waals surface area contributed by atoms with E-state index in [1.807, 2.05) is 72.8 Å². The predicted molar refractivity (Wildman–Crippen MR) is 125 cm³/mol. The zero-order chi connectivity index (χ0) is 22.2. The molecule has 0 fully saturated rings. The third-order valence-electron chi connectivity index (χ3n) is 5.22. The number of aryl methyl sites for hydroxylation is 1. The highest BCUT2D eigenvalue weighted by Crippen LogP contribution is 2.14. The van der Waals surface area contributed by atoms with E-state index in [2.05, 4.69) is 10.4 Å². The van der Waals surface area contributed by atoms with E-state index in [0.29, 0.717) is 31.5 Å². The van der Waals surface area contributed by atoms with E-state index in [4.69, 9.17) is 4.74 Å². The second-order valence-electron chi connectivity index (χ2n) is 7.52. The number of nitrogens with one attached hydrogen (secondary N) is 1. The fourth-order valence-electron chi connectivity index (χ4n) is 3.47. The molecule has 0 aliphatic heterocycles. The number of para-hydroxylation sites is 1. The van der Waals surface area contributed by atoms with Crippen LogP contribution in [0.15, 0.2) is 89.9 Å². The maximum absolute atomic E-state index is 12.2. The van der Waals surface area contributed by atoms with Gasteiger partial charge in [-0.15, -0.1) is 0 Å². The summed E-state index contributed by atoms with van der Waals surface area (Å²) in [6.45, 7) is 1.51. The number of aromatic nitrogens is 2. The van der Waals surface area contributed by atoms with Crippen LogP contribution in [0.4, 0.5) is 0 Å². The molecule has 0 radical (unpaired) electrons. The number of nitrogens with zero attached hydrogens (tertiary/aromatic N) is 2. The van der Waals surface area contributed by atoms with Gasteiger partial charge in [-0.2, -0.15) is 5.10 Å². The number of rotatable bonds is 9. The van der Waals surface area contributed by atoms with Crippen molar-refractivity contribution in [3.63, 3.8) is 0 Å². The van der Waals surface area contributed by atoms with Gasteiger partial charge in [0.05, 0.1) is 18.3 Å². The smallest absolute Gasteiger partial charge is 0.221 e. The van der Waals surface area contributed by atoms with Gasteiger partial charge >= 0.3 is 0 Å². The third kappa shape index (κ3) is 5.60. The summed E-state index contributed by atoms with van der Waals surface area (Å²) in [5, 5.41) is 7.72. The monoisotopic (exact) mass is 427 g/mol. The van der Waals surface area contributed by atoms with Gasteiger partial charge in [-0.25, -0.2) is 0 Å². The lowest BCUT2D eigenvalue weighted by molar-refractivity contribution is -0.121. The van der Waals surface area contributed by atoms with E-state index in [1.165, 1.54) is 6.20 Å². The highest BCUT2D eigenvalue weighted by atomic mass is 16.5. The molecule has 162 valence electrons. The largest absolute Gasteiger partial charge is 0.489 e. The van der Waals surface area contributed by atoms with Crippen LogP contribution in [-0.4, -0.2) is 22.2 Å². The lowest BCUT2D eigenvalue weighted by Crippen LogP contribution is -2.27. The molecule has 6 nitrogen and oxygen atoms in total. The van der Waals surface area contributed by atoms with E-state index >= 15 is 0 Å². The minimum atomic E-state index is -0.113. The summed E-state index contributed by atoms with van der Waals surface area (Å²) in [6.07, 6.45) is 2.34. The number of hydrogen-bond donors (Lipinski definition) is 1. The minimum absolute atomic E-state index is 0.0441. The number of carbonyl (C=O) groups excluding carboxylic acids is 1. The number of amides is 1. The van der Waals surface area contributed by atoms with E-state index in [0.717, 1.165) is 28.8 Å². The molecule has 1 aromatic heterocycles. The van der Waals surface area contributed by atoms with Crippen molar-refractivity contribution < 1.29 is 9.53 Å². The molecule has 4 aromatic rings. The number of carbonyl (C=O) groups is 1. The van der Waals surface area contributed by atoms with Crippen molar-refractivity contribution in [1.29, 1.82) is 0 Å². The summed E-state index contributed by atoms with van der Waals surface area (Å²) in [5.74, 6) is 0.778. The van der Waals surface area contributed by atoms with E-state index < -0.39 is 0 Å². The van der Waals surface area contributed by atoms with Gasteiger partial charge in [0.1, 0.15) is 12.4 Å². The van der Waals surface area contributed by atoms with E-state index in [-0.39, 0.29) is 11.3 Å². The molecule has 4 rings (SSSR count). The van der Waals surface area contributed by atoms with Crippen molar-refractivity contribution in [2.45, 2.75) is 26.0 Å². The number of fused-ring (bicyclic) bond motifs is 1. The summed E-state index contributed by atoms with van der Waals surface area (Å²) < 4.78 is 7.50. The van der Waals surface area contributed by atoms with Crippen LogP contribution in [0.25, 0.3) is 10.9 Å². The quantitative estimate of drug-likeness (QED) is 0.442. The Morgan fingerprint density at radius 1 is 0.906 bits per heavy atom. The molecule has 0 saturated carbocycles. The average Bonchev–Trinajstić information content (AvgIpc) is 2.84. The molecule has 0 bridgehead atoms. The maximum Gasteiger partial charge on any atom is 0.221 e. The molecule has 0 unspecified atom stereocenters. The first-order valence-electron chi connectivity index (χ1n) is 10.7. The standard InChI is InChI=1S/C26H25N3O3/c30-25-18-28-29(24-9-5-4-8-23(24)25)17-15-26(31)27-16-14-20-10-12-22(13-11-20)32-19-21-6-2-1-3-7-21/h1-13,18H,14-17,19H2,(H,27,31). The summed E-state index contributed by atoms with van der Waals surface area (Å²) in [7, 11) is 0. The Morgan fingerprint density at radius 3 is 2.47 bits per heavy atom. The first-order valence-corrected chi connectivity index (χ1v) is 10.7. The zero-order valence-electron chi connectivity index (χ0n) is 17.7. The van der Waals surface area contributed by atoms with Crippen LogP contribution in [0.5, 0.6) is 5.75 Å². The van der Waals surface area contributed by atoms with E-state index in [1.54, 1.807) is 10.7 Å². The van der Waals surface area contributed by atoms with Crippen LogP contribution in [0.1, 0.15) is 17.5 Å². The molecule has 1 N–H and O–H groups in total. The molecule has 0 spiro atoms. The molecule has 0 aliphatic rings. The predicted octanol–water partition coefficient (Wildman–Crippen LogP) is 3.72. The molecule has 6 heteroatoms. The highest BCUT2D eigenvalue weighted by Gasteiger charge is 2.06. The Morgan fingerprint density at radius 2 is 1.66 bits per heavy atom. The van der Waals surface area contributed by atoms with Crippen LogP contribution < -0.4 is 15.5 Å². The fraction of sp³-hybridized carbons (Fsp3) is 0.192. The number of benzene rings is 3. The Balaban J connectivity index is 1.21. The van der Waals surface area contributed by atoms with Gasteiger partial charge in [0.15, 0.2) is 0 Å². The molecule has 1 amide bonds. The van der Waals surface area contributed by atoms with Gasteiger partial charge in [0.2, 0.25) is 11.3 Å². The van der Waals surface area contributed by atoms with Gasteiger partial charge in [0.25, 0.3) is 0 Å². The molecule has 3 aromatic carbocycles. The van der Waals surface area contributed by atoms with Crippen LogP contribution in [0.2, 0.25) is 0 Å². The molecule has 1 heterocycles. The molecular formula is C26H25N3O3. The molecule has 0 saturated heterocycles. The number of hydrogen-bond acceptors (Lipinski definition) is 4. The summed E-state index contributed by atoms with van der Waals surface area (Å²) in [5.41, 5.74) is 2.88. The lowest BCUT2D eigenvalue weighted by Gasteiger charge is -2.10. The SMILES string of the molecule is O=C(CCn1ncc(=O)c2ccccc21)NCCc1ccc(OCc2ccccc2)cc1. The van der Waals surface area contributed by atoms with Crippen molar-refractivity contribution in [2.24, 2.45) is 0 Å². The molecule has 0 atom stereocenters. The Hall–Kier alpha value is -3.93. The van der Waals surface area contributed by atoms with Crippen LogP contribution >= 0.6 is 0 Å². The summed E-state index contributed by atoms with van der Waals surface area (Å²) >= 11 is 0. The van der Waals surface area contributed by atoms with Crippen LogP contribution in [-0.2, 0) is 24.4 Å². The van der Waals surface area contributed by atoms with Gasteiger partial charge in [-0.3, -0.25) is 14.3 Å². The summed E-state index contributed by atoms with van der Waals surface area (Å²) in [4.78, 5) is 24.2. The minimum Gasteiger partial charge on any atom is -0.489 e. The average molecular weight is 428 g/mol. The van der Waals surface area contributed by atoms with Crippen molar-refractivity contribution in [2.75, 3.05) is 6.54 Å². The maximum atomic E-state index is 12.2. The van der Waals surface area contributed by atoms with E-state index in [9.17, 15) is 9.59 Å². The van der Waals surface area contributed by atoms with Crippen molar-refractivity contribution in [3.8, 4) is 5.75 Å². The normalized spacial score (nSPS) is 10.8. The fourth-order valence-corrected chi connectivity index (χ4v) is 3.47. The van der Waals surface area contributed by atoms with Gasteiger partial charge in [0, 0.05) is 18.4 Å². The third-order valence-corrected chi connectivity index (χ3v) is 5.22. The Kier molecular flexibility index (Phi) is 6.92. The van der Waals surface area contributed by atoms with Crippen molar-refractivity contribution >= 4 is 16.8 Å². The molecular weight excluding hydrogens is 402 g/mol. The topological polar surface area (TPSA) is 73.2 Å². The zero-order valence-corrected chi connectivity index (χ0v) is 17.7. The van der Waals surface area contributed by atoms with Crippen LogP contribution in [0, 0.1) is 0 Å². The molecule has 32 heavy (non-hydrogen) atoms. The van der Waals surface area contributed by atoms with Gasteiger partial charge < -0.3 is 10.1 Å². The van der Waals surface area contributed by atoms with Crippen molar-refractivity contribution in [3.05, 3.63) is 106 Å². The van der Waals surface area contributed by atoms with Gasteiger partial charge in [-0.1, -0.05) is 54.6 Å². The Labute approximate surface area is 186 Å². The first-order chi connectivity index (χ1) is 15.7. The summed E-state index contributed by atoms with van der Waals surface area (Å²) in [6, 6.07) is 25.3. The molecule has 0 aliphatic carbocycles. The first kappa shape index (κ1) is 21.3. The lowest BCUT2D eigenvalue weighted by atomic mass is 10.1. The number of ether oxygens (including phenoxy) is 1. The second-order valence-corrected chi connectivity index (χ2v) is 7.52. The highest BCUT2D eigenvalue weighted by molar-refractivity contribution is 5.79. The second kappa shape index (κ2) is 10.4.